The molecule has 1 aromatic heterocycles. The predicted molar refractivity (Wildman–Crippen MR) is 96.6 cm³/mol. The first-order valence-electron chi connectivity index (χ1n) is 8.22. The number of nitrogens with zero attached hydrogens (tertiary/aromatic N) is 1. The number of pyridine rings is 1. The Balaban J connectivity index is 2.10. The number of hydrogen-bond donors (Lipinski definition) is 2. The Morgan fingerprint density at radius 3 is 2.44 bits per heavy atom. The molecule has 0 aliphatic rings. The van der Waals surface area contributed by atoms with Gasteiger partial charge in [-0.25, -0.2) is 4.98 Å². The highest BCUT2D eigenvalue weighted by molar-refractivity contribution is 6.01. The van der Waals surface area contributed by atoms with Gasteiger partial charge in [-0.2, -0.15) is 0 Å². The Morgan fingerprint density at radius 1 is 1.16 bits per heavy atom. The SMILES string of the molecule is CCC(C)C(NC(=O)c1ccccc1)C(=O)Nc1ccc(OC)nc1. The Kier molecular flexibility index (Phi) is 6.51. The molecule has 0 spiro atoms. The summed E-state index contributed by atoms with van der Waals surface area (Å²) in [6, 6.07) is 11.6. The number of methoxy groups -OCH3 is 1. The lowest BCUT2D eigenvalue weighted by molar-refractivity contribution is -0.119. The first-order chi connectivity index (χ1) is 12.0. The number of anilines is 1. The molecule has 0 saturated heterocycles. The van der Waals surface area contributed by atoms with Gasteiger partial charge in [0.15, 0.2) is 0 Å². The number of carbonyl (C=O) groups excluding carboxylic acids is 2. The van der Waals surface area contributed by atoms with Crippen molar-refractivity contribution in [1.82, 2.24) is 10.3 Å². The third-order valence-electron chi connectivity index (χ3n) is 4.03. The van der Waals surface area contributed by atoms with Crippen molar-refractivity contribution in [3.05, 3.63) is 54.2 Å². The molecule has 2 amide bonds. The molecule has 0 saturated carbocycles. The Hall–Kier alpha value is -2.89. The fraction of sp³-hybridized carbons (Fsp3) is 0.316. The van der Waals surface area contributed by atoms with Crippen molar-refractivity contribution in [2.45, 2.75) is 26.3 Å². The molecule has 25 heavy (non-hydrogen) atoms. The number of benzene rings is 1. The van der Waals surface area contributed by atoms with Gasteiger partial charge < -0.3 is 15.4 Å². The van der Waals surface area contributed by atoms with Crippen LogP contribution in [0.3, 0.4) is 0 Å². The summed E-state index contributed by atoms with van der Waals surface area (Å²) in [5, 5.41) is 5.62. The minimum absolute atomic E-state index is 0.0149. The number of aromatic nitrogens is 1. The number of hydrogen-bond acceptors (Lipinski definition) is 4. The summed E-state index contributed by atoms with van der Waals surface area (Å²) in [4.78, 5) is 29.1. The normalized spacial score (nSPS) is 12.8. The van der Waals surface area contributed by atoms with E-state index in [4.69, 9.17) is 4.74 Å². The molecule has 2 aromatic rings. The van der Waals surface area contributed by atoms with Crippen molar-refractivity contribution >= 4 is 17.5 Å². The van der Waals surface area contributed by atoms with Gasteiger partial charge in [-0.1, -0.05) is 38.5 Å². The summed E-state index contributed by atoms with van der Waals surface area (Å²) >= 11 is 0. The van der Waals surface area contributed by atoms with Crippen molar-refractivity contribution in [1.29, 1.82) is 0 Å². The predicted octanol–water partition coefficient (Wildman–Crippen LogP) is 2.87. The minimum Gasteiger partial charge on any atom is -0.481 e. The Labute approximate surface area is 147 Å². The van der Waals surface area contributed by atoms with Gasteiger partial charge in [0.1, 0.15) is 6.04 Å². The van der Waals surface area contributed by atoms with Gasteiger partial charge in [-0.3, -0.25) is 9.59 Å². The van der Waals surface area contributed by atoms with Gasteiger partial charge in [0.25, 0.3) is 5.91 Å². The maximum atomic E-state index is 12.6. The molecule has 2 atom stereocenters. The Morgan fingerprint density at radius 2 is 1.88 bits per heavy atom. The molecule has 0 aliphatic heterocycles. The molecule has 0 bridgehead atoms. The number of amides is 2. The van der Waals surface area contributed by atoms with Crippen LogP contribution >= 0.6 is 0 Å². The van der Waals surface area contributed by atoms with Crippen LogP contribution in [0.5, 0.6) is 5.88 Å². The van der Waals surface area contributed by atoms with E-state index < -0.39 is 6.04 Å². The largest absolute Gasteiger partial charge is 0.481 e. The van der Waals surface area contributed by atoms with E-state index in [9.17, 15) is 9.59 Å². The molecule has 6 nitrogen and oxygen atoms in total. The first-order valence-corrected chi connectivity index (χ1v) is 8.22. The molecule has 2 unspecified atom stereocenters. The van der Waals surface area contributed by atoms with E-state index in [1.165, 1.54) is 13.3 Å². The van der Waals surface area contributed by atoms with Crippen LogP contribution in [0.25, 0.3) is 0 Å². The maximum Gasteiger partial charge on any atom is 0.251 e. The van der Waals surface area contributed by atoms with Crippen LogP contribution in [0, 0.1) is 5.92 Å². The van der Waals surface area contributed by atoms with E-state index in [2.05, 4.69) is 15.6 Å². The maximum absolute atomic E-state index is 12.6. The lowest BCUT2D eigenvalue weighted by Crippen LogP contribution is -2.47. The summed E-state index contributed by atoms with van der Waals surface area (Å²) in [5.41, 5.74) is 1.07. The quantitative estimate of drug-likeness (QED) is 0.811. The van der Waals surface area contributed by atoms with E-state index in [-0.39, 0.29) is 17.7 Å². The summed E-state index contributed by atoms with van der Waals surface area (Å²) in [5.74, 6) is -0.0905. The number of ether oxygens (including phenoxy) is 1. The molecular formula is C19H23N3O3. The molecule has 132 valence electrons. The zero-order chi connectivity index (χ0) is 18.2. The van der Waals surface area contributed by atoms with Gasteiger partial charge in [-0.15, -0.1) is 0 Å². The first kappa shape index (κ1) is 18.4. The molecule has 0 fully saturated rings. The van der Waals surface area contributed by atoms with Gasteiger partial charge in [0, 0.05) is 11.6 Å². The highest BCUT2D eigenvalue weighted by Crippen LogP contribution is 2.15. The number of nitrogens with one attached hydrogen (secondary N) is 2. The van der Waals surface area contributed by atoms with Gasteiger partial charge >= 0.3 is 0 Å². The molecule has 2 rings (SSSR count). The third-order valence-corrected chi connectivity index (χ3v) is 4.03. The third kappa shape index (κ3) is 5.04. The smallest absolute Gasteiger partial charge is 0.251 e. The number of carbonyl (C=O) groups is 2. The van der Waals surface area contributed by atoms with Crippen molar-refractivity contribution in [3.63, 3.8) is 0 Å². The van der Waals surface area contributed by atoms with Crippen molar-refractivity contribution in [2.24, 2.45) is 5.92 Å². The lowest BCUT2D eigenvalue weighted by Gasteiger charge is -2.23. The van der Waals surface area contributed by atoms with Crippen molar-refractivity contribution < 1.29 is 14.3 Å². The monoisotopic (exact) mass is 341 g/mol. The second-order valence-corrected chi connectivity index (χ2v) is 5.78. The van der Waals surface area contributed by atoms with Crippen LogP contribution in [0.15, 0.2) is 48.7 Å². The average Bonchev–Trinajstić information content (AvgIpc) is 2.66. The summed E-state index contributed by atoms with van der Waals surface area (Å²) in [7, 11) is 1.53. The van der Waals surface area contributed by atoms with E-state index in [1.807, 2.05) is 19.9 Å². The van der Waals surface area contributed by atoms with Gasteiger partial charge in [-0.05, 0) is 24.1 Å². The topological polar surface area (TPSA) is 80.3 Å². The summed E-state index contributed by atoms with van der Waals surface area (Å²) in [6.45, 7) is 3.91. The second kappa shape index (κ2) is 8.82. The summed E-state index contributed by atoms with van der Waals surface area (Å²) in [6.07, 6.45) is 2.28. The van der Waals surface area contributed by atoms with Crippen LogP contribution in [0.4, 0.5) is 5.69 Å². The van der Waals surface area contributed by atoms with E-state index in [0.717, 1.165) is 6.42 Å². The Bertz CT molecular complexity index is 702. The highest BCUT2D eigenvalue weighted by Gasteiger charge is 2.26. The number of rotatable bonds is 7. The molecule has 1 aromatic carbocycles. The molecule has 0 aliphatic carbocycles. The fourth-order valence-electron chi connectivity index (χ4n) is 2.31. The van der Waals surface area contributed by atoms with Crippen LogP contribution in [0.2, 0.25) is 0 Å². The molecule has 0 radical (unpaired) electrons. The minimum atomic E-state index is -0.639. The molecule has 1 heterocycles. The highest BCUT2D eigenvalue weighted by atomic mass is 16.5. The zero-order valence-electron chi connectivity index (χ0n) is 14.7. The summed E-state index contributed by atoms with van der Waals surface area (Å²) < 4.78 is 5.00. The standard InChI is InChI=1S/C19H23N3O3/c1-4-13(2)17(22-18(23)14-8-6-5-7-9-14)19(24)21-15-10-11-16(25-3)20-12-15/h5-13,17H,4H2,1-3H3,(H,21,24)(H,22,23). The van der Waals surface area contributed by atoms with Gasteiger partial charge in [0.2, 0.25) is 11.8 Å². The van der Waals surface area contributed by atoms with Crippen LogP contribution in [-0.4, -0.2) is 29.9 Å². The second-order valence-electron chi connectivity index (χ2n) is 5.78. The van der Waals surface area contributed by atoms with Crippen LogP contribution < -0.4 is 15.4 Å². The van der Waals surface area contributed by atoms with Crippen LogP contribution in [0.1, 0.15) is 30.6 Å². The molecular weight excluding hydrogens is 318 g/mol. The lowest BCUT2D eigenvalue weighted by atomic mass is 9.97. The van der Waals surface area contributed by atoms with Gasteiger partial charge in [0.05, 0.1) is 19.0 Å². The van der Waals surface area contributed by atoms with E-state index in [1.54, 1.807) is 36.4 Å². The van der Waals surface area contributed by atoms with E-state index >= 15 is 0 Å². The van der Waals surface area contributed by atoms with Crippen molar-refractivity contribution in [2.75, 3.05) is 12.4 Å². The fourth-order valence-corrected chi connectivity index (χ4v) is 2.31. The zero-order valence-corrected chi connectivity index (χ0v) is 14.7. The molecule has 2 N–H and O–H groups in total. The van der Waals surface area contributed by atoms with Crippen molar-refractivity contribution in [3.8, 4) is 5.88 Å². The average molecular weight is 341 g/mol. The van der Waals surface area contributed by atoms with Crippen LogP contribution in [-0.2, 0) is 4.79 Å². The molecule has 6 heteroatoms. The van der Waals surface area contributed by atoms with E-state index in [0.29, 0.717) is 17.1 Å².